The molecular formula is C13H17BrClNO2. The van der Waals surface area contributed by atoms with Gasteiger partial charge in [0, 0.05) is 15.9 Å². The van der Waals surface area contributed by atoms with Crippen LogP contribution in [0.5, 0.6) is 5.75 Å². The Hall–Kier alpha value is -0.740. The highest BCUT2D eigenvalue weighted by Crippen LogP contribution is 2.23. The number of halogens is 2. The van der Waals surface area contributed by atoms with Crippen molar-refractivity contribution in [1.29, 1.82) is 0 Å². The predicted octanol–water partition coefficient (Wildman–Crippen LogP) is 3.73. The van der Waals surface area contributed by atoms with Gasteiger partial charge in [-0.25, -0.2) is 0 Å². The van der Waals surface area contributed by atoms with Gasteiger partial charge in [0.2, 0.25) is 0 Å². The van der Waals surface area contributed by atoms with E-state index in [1.165, 1.54) is 12.1 Å². The molecule has 1 rings (SSSR count). The van der Waals surface area contributed by atoms with Crippen LogP contribution >= 0.6 is 27.5 Å². The van der Waals surface area contributed by atoms with Crippen LogP contribution in [-0.2, 0) is 0 Å². The number of alkyl halides is 1. The third kappa shape index (κ3) is 3.89. The number of hydrogen-bond acceptors (Lipinski definition) is 2. The van der Waals surface area contributed by atoms with E-state index >= 15 is 0 Å². The molecule has 0 saturated heterocycles. The molecule has 0 aliphatic carbocycles. The molecule has 1 amide bonds. The molecule has 1 aromatic rings. The summed E-state index contributed by atoms with van der Waals surface area (Å²) >= 11 is 9.21. The van der Waals surface area contributed by atoms with Crippen molar-refractivity contribution in [2.24, 2.45) is 0 Å². The molecule has 0 aliphatic rings. The van der Waals surface area contributed by atoms with Gasteiger partial charge in [-0.15, -0.1) is 0 Å². The van der Waals surface area contributed by atoms with E-state index in [0.29, 0.717) is 5.02 Å². The predicted molar refractivity (Wildman–Crippen MR) is 77.7 cm³/mol. The molecule has 1 unspecified atom stereocenters. The molecule has 3 nitrogen and oxygen atoms in total. The lowest BCUT2D eigenvalue weighted by molar-refractivity contribution is 0.0899. The molecule has 0 bridgehead atoms. The van der Waals surface area contributed by atoms with Crippen LogP contribution in [0.2, 0.25) is 5.02 Å². The fourth-order valence-corrected chi connectivity index (χ4v) is 2.61. The number of hydrogen-bond donors (Lipinski definition) is 2. The maximum absolute atomic E-state index is 12.1. The first-order valence-corrected chi connectivity index (χ1v) is 7.29. The topological polar surface area (TPSA) is 49.3 Å². The maximum atomic E-state index is 12.1. The third-order valence-electron chi connectivity index (χ3n) is 3.05. The van der Waals surface area contributed by atoms with Crippen LogP contribution in [0.15, 0.2) is 18.2 Å². The molecule has 18 heavy (non-hydrogen) atoms. The van der Waals surface area contributed by atoms with Crippen LogP contribution in [0, 0.1) is 0 Å². The quantitative estimate of drug-likeness (QED) is 0.806. The first-order chi connectivity index (χ1) is 8.41. The SMILES string of the molecule is CCC(C)(CCBr)NC(=O)c1cc(Cl)ccc1O. The first-order valence-electron chi connectivity index (χ1n) is 5.79. The maximum Gasteiger partial charge on any atom is 0.255 e. The summed E-state index contributed by atoms with van der Waals surface area (Å²) in [7, 11) is 0. The van der Waals surface area contributed by atoms with Crippen LogP contribution in [-0.4, -0.2) is 21.9 Å². The molecule has 0 aliphatic heterocycles. The standard InChI is InChI=1S/C13H17BrClNO2/c1-3-13(2,6-7-14)16-12(18)10-8-9(15)4-5-11(10)17/h4-5,8,17H,3,6-7H2,1-2H3,(H,16,18). The minimum atomic E-state index is -0.305. The fourth-order valence-electron chi connectivity index (χ4n) is 1.57. The average molecular weight is 335 g/mol. The van der Waals surface area contributed by atoms with E-state index in [-0.39, 0.29) is 22.8 Å². The molecule has 5 heteroatoms. The van der Waals surface area contributed by atoms with E-state index in [4.69, 9.17) is 11.6 Å². The van der Waals surface area contributed by atoms with Crippen LogP contribution in [0.1, 0.15) is 37.0 Å². The molecule has 0 heterocycles. The second-order valence-corrected chi connectivity index (χ2v) is 5.70. The summed E-state index contributed by atoms with van der Waals surface area (Å²) < 4.78 is 0. The number of aromatic hydroxyl groups is 1. The monoisotopic (exact) mass is 333 g/mol. The summed E-state index contributed by atoms with van der Waals surface area (Å²) in [5, 5.41) is 13.8. The molecule has 0 saturated carbocycles. The Morgan fingerprint density at radius 2 is 2.22 bits per heavy atom. The van der Waals surface area contributed by atoms with Gasteiger partial charge in [0.25, 0.3) is 5.91 Å². The Labute approximate surface area is 121 Å². The van der Waals surface area contributed by atoms with E-state index in [9.17, 15) is 9.90 Å². The molecule has 0 radical (unpaired) electrons. The highest BCUT2D eigenvalue weighted by Gasteiger charge is 2.25. The lowest BCUT2D eigenvalue weighted by Gasteiger charge is -2.29. The van der Waals surface area contributed by atoms with Crippen molar-refractivity contribution in [3.8, 4) is 5.75 Å². The second-order valence-electron chi connectivity index (χ2n) is 4.47. The summed E-state index contributed by atoms with van der Waals surface area (Å²) in [6, 6.07) is 4.44. The van der Waals surface area contributed by atoms with E-state index in [1.807, 2.05) is 13.8 Å². The van der Waals surface area contributed by atoms with Gasteiger partial charge >= 0.3 is 0 Å². The molecule has 2 N–H and O–H groups in total. The van der Waals surface area contributed by atoms with Gasteiger partial charge < -0.3 is 10.4 Å². The minimum Gasteiger partial charge on any atom is -0.507 e. The third-order valence-corrected chi connectivity index (χ3v) is 3.68. The van der Waals surface area contributed by atoms with Crippen molar-refractivity contribution in [2.45, 2.75) is 32.2 Å². The van der Waals surface area contributed by atoms with Crippen molar-refractivity contribution in [2.75, 3.05) is 5.33 Å². The highest BCUT2D eigenvalue weighted by atomic mass is 79.9. The van der Waals surface area contributed by atoms with Crippen LogP contribution in [0.3, 0.4) is 0 Å². The summed E-state index contributed by atoms with van der Waals surface area (Å²) in [6.45, 7) is 3.99. The number of phenolic OH excluding ortho intramolecular Hbond substituents is 1. The van der Waals surface area contributed by atoms with E-state index in [0.717, 1.165) is 18.2 Å². The van der Waals surface area contributed by atoms with Crippen molar-refractivity contribution in [1.82, 2.24) is 5.32 Å². The fraction of sp³-hybridized carbons (Fsp3) is 0.462. The lowest BCUT2D eigenvalue weighted by atomic mass is 9.95. The zero-order valence-electron chi connectivity index (χ0n) is 10.5. The highest BCUT2D eigenvalue weighted by molar-refractivity contribution is 9.09. The van der Waals surface area contributed by atoms with Crippen molar-refractivity contribution in [3.63, 3.8) is 0 Å². The smallest absolute Gasteiger partial charge is 0.255 e. The number of rotatable bonds is 5. The Morgan fingerprint density at radius 3 is 2.78 bits per heavy atom. The van der Waals surface area contributed by atoms with Gasteiger partial charge in [-0.1, -0.05) is 34.5 Å². The Balaban J connectivity index is 2.90. The van der Waals surface area contributed by atoms with Crippen LogP contribution < -0.4 is 5.32 Å². The zero-order valence-corrected chi connectivity index (χ0v) is 12.8. The minimum absolute atomic E-state index is 0.0609. The van der Waals surface area contributed by atoms with Gasteiger partial charge in [0.15, 0.2) is 0 Å². The Bertz CT molecular complexity index is 439. The van der Waals surface area contributed by atoms with Crippen molar-refractivity contribution < 1.29 is 9.90 Å². The lowest BCUT2D eigenvalue weighted by Crippen LogP contribution is -2.45. The van der Waals surface area contributed by atoms with Gasteiger partial charge in [-0.05, 0) is 38.0 Å². The average Bonchev–Trinajstić information content (AvgIpc) is 2.32. The van der Waals surface area contributed by atoms with Gasteiger partial charge in [-0.3, -0.25) is 4.79 Å². The van der Waals surface area contributed by atoms with E-state index in [1.54, 1.807) is 6.07 Å². The van der Waals surface area contributed by atoms with E-state index < -0.39 is 0 Å². The van der Waals surface area contributed by atoms with Crippen molar-refractivity contribution >= 4 is 33.4 Å². The largest absolute Gasteiger partial charge is 0.507 e. The molecule has 0 fully saturated rings. The molecule has 0 spiro atoms. The normalized spacial score (nSPS) is 14.0. The number of amides is 1. The summed E-state index contributed by atoms with van der Waals surface area (Å²) in [5.41, 5.74) is -0.0910. The number of carbonyl (C=O) groups excluding carboxylic acids is 1. The zero-order chi connectivity index (χ0) is 13.8. The first kappa shape index (κ1) is 15.3. The number of phenols is 1. The van der Waals surface area contributed by atoms with E-state index in [2.05, 4.69) is 21.2 Å². The van der Waals surface area contributed by atoms with Gasteiger partial charge in [0.1, 0.15) is 5.75 Å². The van der Waals surface area contributed by atoms with Gasteiger partial charge in [-0.2, -0.15) is 0 Å². The Morgan fingerprint density at radius 1 is 1.56 bits per heavy atom. The summed E-state index contributed by atoms with van der Waals surface area (Å²) in [5.74, 6) is -0.366. The van der Waals surface area contributed by atoms with Crippen LogP contribution in [0.25, 0.3) is 0 Å². The molecular weight excluding hydrogens is 318 g/mol. The number of benzene rings is 1. The summed E-state index contributed by atoms with van der Waals surface area (Å²) in [4.78, 5) is 12.1. The second kappa shape index (κ2) is 6.43. The molecule has 1 atom stereocenters. The summed E-state index contributed by atoms with van der Waals surface area (Å²) in [6.07, 6.45) is 1.63. The molecule has 1 aromatic carbocycles. The van der Waals surface area contributed by atoms with Crippen molar-refractivity contribution in [3.05, 3.63) is 28.8 Å². The molecule has 0 aromatic heterocycles. The van der Waals surface area contributed by atoms with Gasteiger partial charge in [0.05, 0.1) is 5.56 Å². The number of nitrogens with one attached hydrogen (secondary N) is 1. The number of carbonyl (C=O) groups is 1. The van der Waals surface area contributed by atoms with Crippen LogP contribution in [0.4, 0.5) is 0 Å². The Kier molecular flexibility index (Phi) is 5.47. The molecule has 100 valence electrons.